The number of nitrogen functional groups attached to an aromatic ring is 1. The molecule has 2 aromatic heterocycles. The Labute approximate surface area is 123 Å². The number of likely N-dealkylation sites (N-methyl/N-ethyl adjacent to an activating group) is 1. The predicted octanol–water partition coefficient (Wildman–Crippen LogP) is 1.75. The largest absolute Gasteiger partial charge is 0.355 e. The molecule has 0 bridgehead atoms. The van der Waals surface area contributed by atoms with E-state index in [0.29, 0.717) is 5.95 Å². The molecule has 20 heavy (non-hydrogen) atoms. The van der Waals surface area contributed by atoms with Crippen LogP contribution >= 0.6 is 11.3 Å². The quantitative estimate of drug-likeness (QED) is 0.599. The lowest BCUT2D eigenvalue weighted by molar-refractivity contribution is 0.412. The van der Waals surface area contributed by atoms with Crippen molar-refractivity contribution in [2.45, 2.75) is 13.3 Å². The fraction of sp³-hybridized carbons (Fsp3) is 0.538. The van der Waals surface area contributed by atoms with Crippen LogP contribution in [0.1, 0.15) is 13.3 Å². The number of rotatable bonds is 7. The van der Waals surface area contributed by atoms with Crippen molar-refractivity contribution in [2.24, 2.45) is 5.84 Å². The summed E-state index contributed by atoms with van der Waals surface area (Å²) < 4.78 is 0. The van der Waals surface area contributed by atoms with Crippen molar-refractivity contribution in [3.63, 3.8) is 0 Å². The van der Waals surface area contributed by atoms with Crippen LogP contribution in [0.25, 0.3) is 10.2 Å². The van der Waals surface area contributed by atoms with Crippen molar-refractivity contribution < 1.29 is 0 Å². The Balaban J connectivity index is 2.37. The SMILES string of the molecule is CCCN(CCN(C)C)c1nc(NN)nc2sccc12. The molecule has 0 spiro atoms. The number of nitrogens with two attached hydrogens (primary N) is 1. The summed E-state index contributed by atoms with van der Waals surface area (Å²) in [6.45, 7) is 5.07. The molecule has 0 amide bonds. The van der Waals surface area contributed by atoms with Gasteiger partial charge in [0.2, 0.25) is 5.95 Å². The summed E-state index contributed by atoms with van der Waals surface area (Å²) in [4.78, 5) is 14.4. The standard InChI is InChI=1S/C13H22N6S/c1-4-6-19(8-7-18(2)3)11-10-5-9-20-12(10)16-13(15-11)17-14/h5,9H,4,6-8,14H2,1-3H3,(H,15,16,17). The topological polar surface area (TPSA) is 70.3 Å². The van der Waals surface area contributed by atoms with Crippen LogP contribution in [0.4, 0.5) is 11.8 Å². The summed E-state index contributed by atoms with van der Waals surface area (Å²) in [6.07, 6.45) is 1.08. The molecule has 0 unspecified atom stereocenters. The first-order valence-corrected chi connectivity index (χ1v) is 7.65. The molecular formula is C13H22N6S. The molecular weight excluding hydrogens is 272 g/mol. The van der Waals surface area contributed by atoms with Gasteiger partial charge in [0.05, 0.1) is 5.39 Å². The first-order valence-electron chi connectivity index (χ1n) is 6.77. The molecule has 7 heteroatoms. The number of nitrogens with zero attached hydrogens (tertiary/aromatic N) is 4. The Morgan fingerprint density at radius 3 is 2.70 bits per heavy atom. The predicted molar refractivity (Wildman–Crippen MR) is 86.3 cm³/mol. The van der Waals surface area contributed by atoms with Gasteiger partial charge in [-0.3, -0.25) is 5.43 Å². The Morgan fingerprint density at radius 2 is 2.05 bits per heavy atom. The number of thiophene rings is 1. The number of hydrogen-bond acceptors (Lipinski definition) is 7. The van der Waals surface area contributed by atoms with Gasteiger partial charge in [-0.15, -0.1) is 11.3 Å². The van der Waals surface area contributed by atoms with Crippen molar-refractivity contribution in [2.75, 3.05) is 44.1 Å². The number of nitrogens with one attached hydrogen (secondary N) is 1. The fourth-order valence-corrected chi connectivity index (χ4v) is 2.82. The van der Waals surface area contributed by atoms with Gasteiger partial charge in [0, 0.05) is 19.6 Å². The Hall–Kier alpha value is -1.44. The fourth-order valence-electron chi connectivity index (χ4n) is 2.06. The monoisotopic (exact) mass is 294 g/mol. The molecule has 3 N–H and O–H groups in total. The van der Waals surface area contributed by atoms with Crippen LogP contribution < -0.4 is 16.2 Å². The van der Waals surface area contributed by atoms with Crippen LogP contribution in [0.3, 0.4) is 0 Å². The molecule has 0 saturated carbocycles. The molecule has 110 valence electrons. The molecule has 2 aromatic rings. The molecule has 0 aromatic carbocycles. The van der Waals surface area contributed by atoms with Crippen molar-refractivity contribution in [1.29, 1.82) is 0 Å². The Kier molecular flexibility index (Phi) is 5.11. The summed E-state index contributed by atoms with van der Waals surface area (Å²) in [5.41, 5.74) is 2.56. The second kappa shape index (κ2) is 6.83. The smallest absolute Gasteiger partial charge is 0.240 e. The summed E-state index contributed by atoms with van der Waals surface area (Å²) in [5, 5.41) is 3.14. The second-order valence-electron chi connectivity index (χ2n) is 4.94. The van der Waals surface area contributed by atoms with E-state index in [1.54, 1.807) is 11.3 Å². The summed E-state index contributed by atoms with van der Waals surface area (Å²) in [6, 6.07) is 2.08. The van der Waals surface area contributed by atoms with Gasteiger partial charge in [0.25, 0.3) is 0 Å². The molecule has 0 fully saturated rings. The number of aromatic nitrogens is 2. The van der Waals surface area contributed by atoms with E-state index in [9.17, 15) is 0 Å². The number of fused-ring (bicyclic) bond motifs is 1. The third-order valence-corrected chi connectivity index (χ3v) is 3.85. The highest BCUT2D eigenvalue weighted by Gasteiger charge is 2.15. The van der Waals surface area contributed by atoms with Crippen LogP contribution in [0, 0.1) is 0 Å². The Bertz CT molecular complexity index is 553. The van der Waals surface area contributed by atoms with Crippen LogP contribution in [-0.2, 0) is 0 Å². The molecule has 0 aliphatic carbocycles. The molecule has 0 radical (unpaired) electrons. The number of anilines is 2. The van der Waals surface area contributed by atoms with Gasteiger partial charge in [0.1, 0.15) is 10.6 Å². The zero-order valence-electron chi connectivity index (χ0n) is 12.3. The van der Waals surface area contributed by atoms with Gasteiger partial charge in [-0.1, -0.05) is 6.92 Å². The maximum Gasteiger partial charge on any atom is 0.240 e. The van der Waals surface area contributed by atoms with E-state index in [0.717, 1.165) is 42.1 Å². The third-order valence-electron chi connectivity index (χ3n) is 3.04. The van der Waals surface area contributed by atoms with Crippen LogP contribution in [-0.4, -0.2) is 48.6 Å². The van der Waals surface area contributed by atoms with Crippen LogP contribution in [0.5, 0.6) is 0 Å². The highest BCUT2D eigenvalue weighted by Crippen LogP contribution is 2.29. The van der Waals surface area contributed by atoms with Crippen LogP contribution in [0.2, 0.25) is 0 Å². The molecule has 2 heterocycles. The maximum absolute atomic E-state index is 5.48. The van der Waals surface area contributed by atoms with Gasteiger partial charge >= 0.3 is 0 Å². The first kappa shape index (κ1) is 15.0. The van der Waals surface area contributed by atoms with Crippen molar-refractivity contribution in [3.05, 3.63) is 11.4 Å². The zero-order chi connectivity index (χ0) is 14.5. The van der Waals surface area contributed by atoms with Crippen molar-refractivity contribution >= 4 is 33.3 Å². The normalized spacial score (nSPS) is 11.2. The molecule has 0 aliphatic rings. The highest BCUT2D eigenvalue weighted by molar-refractivity contribution is 7.16. The van der Waals surface area contributed by atoms with Crippen molar-refractivity contribution in [1.82, 2.24) is 14.9 Å². The summed E-state index contributed by atoms with van der Waals surface area (Å²) in [7, 11) is 4.16. The Morgan fingerprint density at radius 1 is 1.25 bits per heavy atom. The number of hydrazine groups is 1. The van der Waals surface area contributed by atoms with E-state index in [4.69, 9.17) is 5.84 Å². The van der Waals surface area contributed by atoms with Gasteiger partial charge in [0.15, 0.2) is 0 Å². The summed E-state index contributed by atoms with van der Waals surface area (Å²) in [5.74, 6) is 6.92. The molecule has 0 atom stereocenters. The lowest BCUT2D eigenvalue weighted by Gasteiger charge is -2.25. The van der Waals surface area contributed by atoms with Gasteiger partial charge in [-0.2, -0.15) is 4.98 Å². The van der Waals surface area contributed by atoms with Crippen molar-refractivity contribution in [3.8, 4) is 0 Å². The third kappa shape index (κ3) is 3.36. The van der Waals surface area contributed by atoms with E-state index < -0.39 is 0 Å². The van der Waals surface area contributed by atoms with E-state index in [2.05, 4.69) is 52.3 Å². The van der Waals surface area contributed by atoms with Gasteiger partial charge in [-0.25, -0.2) is 10.8 Å². The van der Waals surface area contributed by atoms with E-state index in [1.165, 1.54) is 0 Å². The summed E-state index contributed by atoms with van der Waals surface area (Å²) >= 11 is 1.61. The molecule has 2 rings (SSSR count). The zero-order valence-corrected chi connectivity index (χ0v) is 13.1. The maximum atomic E-state index is 5.48. The molecule has 6 nitrogen and oxygen atoms in total. The molecule has 0 saturated heterocycles. The highest BCUT2D eigenvalue weighted by atomic mass is 32.1. The number of hydrogen-bond donors (Lipinski definition) is 2. The van der Waals surface area contributed by atoms with Gasteiger partial charge < -0.3 is 9.80 Å². The lowest BCUT2D eigenvalue weighted by atomic mass is 10.3. The minimum atomic E-state index is 0.473. The van der Waals surface area contributed by atoms with E-state index >= 15 is 0 Å². The second-order valence-corrected chi connectivity index (χ2v) is 5.84. The molecule has 0 aliphatic heterocycles. The lowest BCUT2D eigenvalue weighted by Crippen LogP contribution is -2.33. The minimum absolute atomic E-state index is 0.473. The van der Waals surface area contributed by atoms with E-state index in [1.807, 2.05) is 5.38 Å². The van der Waals surface area contributed by atoms with Gasteiger partial charge in [-0.05, 0) is 32.0 Å². The average molecular weight is 294 g/mol. The first-order chi connectivity index (χ1) is 9.65. The average Bonchev–Trinajstić information content (AvgIpc) is 2.90. The minimum Gasteiger partial charge on any atom is -0.355 e. The van der Waals surface area contributed by atoms with E-state index in [-0.39, 0.29) is 0 Å². The van der Waals surface area contributed by atoms with Crippen LogP contribution in [0.15, 0.2) is 11.4 Å².